The van der Waals surface area contributed by atoms with Crippen LogP contribution in [0.15, 0.2) is 97.1 Å². The van der Waals surface area contributed by atoms with Crippen molar-refractivity contribution >= 4 is 22.3 Å². The van der Waals surface area contributed by atoms with E-state index in [-0.39, 0.29) is 0 Å². The van der Waals surface area contributed by atoms with Crippen molar-refractivity contribution in [2.24, 2.45) is 0 Å². The fourth-order valence-electron chi connectivity index (χ4n) is 12.1. The molecule has 72 heavy (non-hydrogen) atoms. The number of hydrogen-bond acceptors (Lipinski definition) is 0. The lowest BCUT2D eigenvalue weighted by molar-refractivity contribution is 1.02. The van der Waals surface area contributed by atoms with Crippen LogP contribution < -0.4 is 21.4 Å². The highest BCUT2D eigenvalue weighted by molar-refractivity contribution is 5.88. The van der Waals surface area contributed by atoms with Crippen molar-refractivity contribution in [2.45, 2.75) is 160 Å². The molecule has 5 heterocycles. The highest BCUT2D eigenvalue weighted by Gasteiger charge is 2.25. The Morgan fingerprint density at radius 2 is 0.403 bits per heavy atom. The smallest absolute Gasteiger partial charge is 0.0486 e. The second-order valence-electron chi connectivity index (χ2n) is 20.0. The SMILES string of the molecule is CCc1cc(CC)c(C2=c3ccc([nH]3)=C(c3c(CC)cc(CC)cc3CC)c3ccc([nH]3)C(c3c(CC)cc(CC)cc3CC)=c3ccc([nH]3)=C(c3c(CC)cc(CC)cc3CC)c3ccc2[nH]3)c(CC)c1. The minimum absolute atomic E-state index is 0.943. The van der Waals surface area contributed by atoms with E-state index in [4.69, 9.17) is 0 Å². The van der Waals surface area contributed by atoms with Gasteiger partial charge in [0.05, 0.1) is 0 Å². The van der Waals surface area contributed by atoms with Gasteiger partial charge in [0.2, 0.25) is 0 Å². The van der Waals surface area contributed by atoms with Gasteiger partial charge >= 0.3 is 0 Å². The first-order valence-electron chi connectivity index (χ1n) is 28.0. The van der Waals surface area contributed by atoms with Gasteiger partial charge in [0.15, 0.2) is 0 Å². The predicted octanol–water partition coefficient (Wildman–Crippen LogP) is 13.1. The Morgan fingerprint density at radius 3 is 0.556 bits per heavy atom. The predicted molar refractivity (Wildman–Crippen MR) is 306 cm³/mol. The van der Waals surface area contributed by atoms with Crippen molar-refractivity contribution in [1.82, 2.24) is 19.9 Å². The van der Waals surface area contributed by atoms with E-state index >= 15 is 0 Å². The normalized spacial score (nSPS) is 12.7. The van der Waals surface area contributed by atoms with Gasteiger partial charge < -0.3 is 19.9 Å². The minimum Gasteiger partial charge on any atom is -0.354 e. The van der Waals surface area contributed by atoms with E-state index < -0.39 is 0 Å². The summed E-state index contributed by atoms with van der Waals surface area (Å²) in [6.45, 7) is 27.7. The van der Waals surface area contributed by atoms with Crippen LogP contribution in [0.25, 0.3) is 22.3 Å². The van der Waals surface area contributed by atoms with Crippen molar-refractivity contribution in [3.63, 3.8) is 0 Å². The number of aromatic amines is 4. The molecular formula is C68H80N4. The summed E-state index contributed by atoms with van der Waals surface area (Å²) < 4.78 is 0. The maximum atomic E-state index is 4.20. The summed E-state index contributed by atoms with van der Waals surface area (Å²) in [6, 6.07) is 38.6. The Bertz CT molecular complexity index is 2990. The molecular weight excluding hydrogens is 873 g/mol. The average molecular weight is 953 g/mol. The lowest BCUT2D eigenvalue weighted by Crippen LogP contribution is -2.21. The molecule has 9 rings (SSSR count). The molecule has 0 fully saturated rings. The second kappa shape index (κ2) is 21.7. The zero-order valence-electron chi connectivity index (χ0n) is 45.7. The summed E-state index contributed by atoms with van der Waals surface area (Å²) in [5.41, 5.74) is 31.4. The number of nitrogens with one attached hydrogen (secondary N) is 4. The molecule has 4 heteroatoms. The zero-order chi connectivity index (χ0) is 50.8. The van der Waals surface area contributed by atoms with Crippen LogP contribution in [0, 0.1) is 0 Å². The molecule has 4 nitrogen and oxygen atoms in total. The Hall–Kier alpha value is -6.52. The summed E-state index contributed by atoms with van der Waals surface area (Å²) in [5, 5.41) is 4.47. The van der Waals surface area contributed by atoms with Gasteiger partial charge in [-0.3, -0.25) is 0 Å². The van der Waals surface area contributed by atoms with E-state index in [2.05, 4.69) is 200 Å². The van der Waals surface area contributed by atoms with Crippen molar-refractivity contribution in [3.05, 3.63) is 230 Å². The Kier molecular flexibility index (Phi) is 15.2. The first-order chi connectivity index (χ1) is 35.1. The maximum absolute atomic E-state index is 4.20. The number of H-pyrrole nitrogens is 4. The van der Waals surface area contributed by atoms with Crippen molar-refractivity contribution < 1.29 is 0 Å². The van der Waals surface area contributed by atoms with Gasteiger partial charge in [-0.2, -0.15) is 0 Å². The van der Waals surface area contributed by atoms with Gasteiger partial charge in [-0.05, 0) is 215 Å². The maximum Gasteiger partial charge on any atom is 0.0486 e. The number of benzene rings is 4. The van der Waals surface area contributed by atoms with E-state index in [0.29, 0.717) is 0 Å². The van der Waals surface area contributed by atoms with E-state index in [9.17, 15) is 0 Å². The molecule has 0 unspecified atom stereocenters. The van der Waals surface area contributed by atoms with Gasteiger partial charge in [-0.25, -0.2) is 0 Å². The topological polar surface area (TPSA) is 63.2 Å². The molecule has 8 aromatic rings. The zero-order valence-corrected chi connectivity index (χ0v) is 45.7. The molecule has 4 N–H and O–H groups in total. The summed E-state index contributed by atoms with van der Waals surface area (Å²) >= 11 is 0. The number of fused-ring (bicyclic) bond motifs is 8. The van der Waals surface area contributed by atoms with Crippen molar-refractivity contribution in [2.75, 3.05) is 0 Å². The number of rotatable bonds is 16. The van der Waals surface area contributed by atoms with Crippen molar-refractivity contribution in [1.29, 1.82) is 0 Å². The minimum atomic E-state index is 0.943. The van der Waals surface area contributed by atoms with Gasteiger partial charge in [-0.15, -0.1) is 0 Å². The molecule has 1 aliphatic rings. The van der Waals surface area contributed by atoms with Gasteiger partial charge in [-0.1, -0.05) is 132 Å². The Morgan fingerprint density at radius 1 is 0.222 bits per heavy atom. The third-order valence-corrected chi connectivity index (χ3v) is 16.0. The lowest BCUT2D eigenvalue weighted by Gasteiger charge is -2.20. The third-order valence-electron chi connectivity index (χ3n) is 16.0. The van der Waals surface area contributed by atoms with Crippen molar-refractivity contribution in [3.8, 4) is 0 Å². The molecule has 0 saturated heterocycles. The molecule has 4 aromatic heterocycles. The average Bonchev–Trinajstić information content (AvgIpc) is 4.29. The van der Waals surface area contributed by atoms with Crippen LogP contribution in [-0.2, 0) is 77.0 Å². The van der Waals surface area contributed by atoms with Crippen LogP contribution in [0.3, 0.4) is 0 Å². The van der Waals surface area contributed by atoms with Crippen LogP contribution in [0.1, 0.15) is 195 Å². The molecule has 0 radical (unpaired) electrons. The van der Waals surface area contributed by atoms with Gasteiger partial charge in [0, 0.05) is 66.5 Å². The Labute approximate surface area is 430 Å². The third kappa shape index (κ3) is 9.05. The lowest BCUT2D eigenvalue weighted by atomic mass is 9.87. The molecule has 4 aromatic carbocycles. The summed E-state index contributed by atoms with van der Waals surface area (Å²) in [4.78, 5) is 16.8. The van der Waals surface area contributed by atoms with Crippen LogP contribution in [0.2, 0.25) is 0 Å². The summed E-state index contributed by atoms with van der Waals surface area (Å²) in [5.74, 6) is 0. The molecule has 1 aliphatic heterocycles. The Balaban J connectivity index is 1.53. The second-order valence-corrected chi connectivity index (χ2v) is 20.0. The number of aromatic nitrogens is 4. The molecule has 8 bridgehead atoms. The van der Waals surface area contributed by atoms with E-state index in [0.717, 1.165) is 121 Å². The number of aryl methyl sites for hydroxylation is 12. The first-order valence-corrected chi connectivity index (χ1v) is 28.0. The van der Waals surface area contributed by atoms with Crippen LogP contribution in [0.4, 0.5) is 0 Å². The van der Waals surface area contributed by atoms with Gasteiger partial charge in [0.25, 0.3) is 0 Å². The fraction of sp³-hybridized carbons (Fsp3) is 0.353. The molecule has 0 saturated carbocycles. The quantitative estimate of drug-likeness (QED) is 0.0746. The van der Waals surface area contributed by atoms with E-state index in [1.165, 1.54) is 111 Å². The van der Waals surface area contributed by atoms with Gasteiger partial charge in [0.1, 0.15) is 0 Å². The van der Waals surface area contributed by atoms with E-state index in [1.807, 2.05) is 0 Å². The molecule has 0 spiro atoms. The van der Waals surface area contributed by atoms with Crippen LogP contribution >= 0.6 is 0 Å². The van der Waals surface area contributed by atoms with E-state index in [1.54, 1.807) is 0 Å². The molecule has 372 valence electrons. The monoisotopic (exact) mass is 953 g/mol. The molecule has 0 atom stereocenters. The molecule has 0 aliphatic carbocycles. The van der Waals surface area contributed by atoms with Crippen LogP contribution in [0.5, 0.6) is 0 Å². The number of hydrogen-bond donors (Lipinski definition) is 4. The molecule has 0 amide bonds. The fourth-order valence-corrected chi connectivity index (χ4v) is 12.1. The largest absolute Gasteiger partial charge is 0.354 e. The summed E-state index contributed by atoms with van der Waals surface area (Å²) in [7, 11) is 0. The highest BCUT2D eigenvalue weighted by atomic mass is 14.8. The first kappa shape index (κ1) is 50.4. The van der Waals surface area contributed by atoms with Crippen LogP contribution in [-0.4, -0.2) is 19.9 Å². The standard InChI is InChI=1S/C68H80N4/c1-13-41-33-45(17-5)61(46(18-6)34-41)65-53-25-27-55(69-53)66(62-47(19-7)35-42(14-2)36-48(62)20-8)57-29-31-59(71-57)68(64-51(23-11)39-44(16-4)40-52(64)24-12)60-32-30-58(72-60)67(56-28-26-54(65)70-56)63-49(21-9)37-43(15-3)38-50(63)22-10/h25-40,69-72H,13-24H2,1-12H3. The highest BCUT2D eigenvalue weighted by Crippen LogP contribution is 2.37. The summed E-state index contributed by atoms with van der Waals surface area (Å²) in [6.07, 6.45) is 11.6.